The average Bonchev–Trinajstić information content (AvgIpc) is 3.34. The number of imide groups is 1. The predicted octanol–water partition coefficient (Wildman–Crippen LogP) is 3.40. The van der Waals surface area contributed by atoms with Gasteiger partial charge in [0.25, 0.3) is 17.1 Å². The fraction of sp³-hybridized carbons (Fsp3) is 0.286. The third kappa shape index (κ3) is 3.68. The number of nitrogens with zero attached hydrogens (tertiary/aromatic N) is 1. The first-order chi connectivity index (χ1) is 14.3. The zero-order valence-electron chi connectivity index (χ0n) is 16.7. The number of amides is 3. The van der Waals surface area contributed by atoms with Crippen molar-refractivity contribution in [3.05, 3.63) is 51.3 Å². The van der Waals surface area contributed by atoms with Crippen LogP contribution in [-0.2, 0) is 4.79 Å². The molecule has 0 bridgehead atoms. The van der Waals surface area contributed by atoms with E-state index in [1.807, 2.05) is 6.92 Å². The van der Waals surface area contributed by atoms with Crippen molar-refractivity contribution in [3.8, 4) is 11.5 Å². The highest BCUT2D eigenvalue weighted by atomic mass is 32.2. The molecule has 0 unspecified atom stereocenters. The van der Waals surface area contributed by atoms with E-state index in [4.69, 9.17) is 13.9 Å². The minimum absolute atomic E-state index is 0.0871. The van der Waals surface area contributed by atoms with Gasteiger partial charge in [-0.05, 0) is 56.3 Å². The monoisotopic (exact) mass is 428 g/mol. The van der Waals surface area contributed by atoms with Crippen molar-refractivity contribution >= 4 is 34.9 Å². The van der Waals surface area contributed by atoms with Crippen LogP contribution < -0.4 is 14.8 Å². The molecule has 8 nitrogen and oxygen atoms in total. The highest BCUT2D eigenvalue weighted by Gasteiger charge is 2.35. The number of aryl methyl sites for hydroxylation is 2. The standard InChI is InChI=1S/C21H20N2O6S/c1-11-12(2)29-13(3)18(11)19(24)22-6-7-23-20(25)17(30-21(23)26)9-14-4-5-15-16(8-14)28-10-27-15/h4-5,8-9H,6-7,10H2,1-3H3,(H,22,24)/b17-9-. The van der Waals surface area contributed by atoms with Gasteiger partial charge in [0.2, 0.25) is 6.79 Å². The molecule has 0 atom stereocenters. The van der Waals surface area contributed by atoms with E-state index in [-0.39, 0.29) is 36.9 Å². The molecule has 0 radical (unpaired) electrons. The number of benzene rings is 1. The Morgan fingerprint density at radius 1 is 1.17 bits per heavy atom. The number of nitrogens with one attached hydrogen (secondary N) is 1. The molecule has 1 fully saturated rings. The quantitative estimate of drug-likeness (QED) is 0.729. The van der Waals surface area contributed by atoms with Crippen molar-refractivity contribution in [3.63, 3.8) is 0 Å². The molecule has 2 aliphatic rings. The van der Waals surface area contributed by atoms with Gasteiger partial charge < -0.3 is 19.2 Å². The van der Waals surface area contributed by atoms with Gasteiger partial charge in [0.05, 0.1) is 10.5 Å². The fourth-order valence-corrected chi connectivity index (χ4v) is 4.21. The van der Waals surface area contributed by atoms with E-state index in [0.717, 1.165) is 27.8 Å². The van der Waals surface area contributed by atoms with Crippen molar-refractivity contribution in [1.29, 1.82) is 0 Å². The zero-order chi connectivity index (χ0) is 21.4. The molecule has 1 saturated heterocycles. The molecular weight excluding hydrogens is 408 g/mol. The van der Waals surface area contributed by atoms with E-state index in [2.05, 4.69) is 5.32 Å². The Labute approximate surface area is 177 Å². The molecule has 30 heavy (non-hydrogen) atoms. The van der Waals surface area contributed by atoms with Crippen LogP contribution in [0.3, 0.4) is 0 Å². The first-order valence-electron chi connectivity index (χ1n) is 9.35. The minimum Gasteiger partial charge on any atom is -0.466 e. The number of fused-ring (bicyclic) bond motifs is 1. The highest BCUT2D eigenvalue weighted by molar-refractivity contribution is 8.18. The molecule has 0 spiro atoms. The molecular formula is C21H20N2O6S. The summed E-state index contributed by atoms with van der Waals surface area (Å²) in [5, 5.41) is 2.38. The van der Waals surface area contributed by atoms with Gasteiger partial charge in [0.1, 0.15) is 11.5 Å². The molecule has 3 heterocycles. The van der Waals surface area contributed by atoms with Crippen molar-refractivity contribution in [2.45, 2.75) is 20.8 Å². The maximum absolute atomic E-state index is 12.6. The van der Waals surface area contributed by atoms with Crippen molar-refractivity contribution in [2.75, 3.05) is 19.9 Å². The Kier molecular flexibility index (Phi) is 5.29. The molecule has 2 aromatic rings. The van der Waals surface area contributed by atoms with Gasteiger partial charge in [-0.2, -0.15) is 0 Å². The summed E-state index contributed by atoms with van der Waals surface area (Å²) >= 11 is 0.872. The summed E-state index contributed by atoms with van der Waals surface area (Å²) < 4.78 is 16.1. The molecule has 2 aliphatic heterocycles. The maximum atomic E-state index is 12.6. The normalized spacial score (nSPS) is 16.6. The van der Waals surface area contributed by atoms with E-state index in [1.54, 1.807) is 38.1 Å². The summed E-state index contributed by atoms with van der Waals surface area (Å²) in [6.07, 6.45) is 1.65. The summed E-state index contributed by atoms with van der Waals surface area (Å²) in [7, 11) is 0. The number of hydrogen-bond acceptors (Lipinski definition) is 7. The van der Waals surface area contributed by atoms with Crippen LogP contribution in [0, 0.1) is 20.8 Å². The van der Waals surface area contributed by atoms with Crippen LogP contribution >= 0.6 is 11.8 Å². The third-order valence-electron chi connectivity index (χ3n) is 4.98. The Morgan fingerprint density at radius 2 is 1.93 bits per heavy atom. The topological polar surface area (TPSA) is 98.1 Å². The highest BCUT2D eigenvalue weighted by Crippen LogP contribution is 2.36. The lowest BCUT2D eigenvalue weighted by Gasteiger charge is -2.13. The van der Waals surface area contributed by atoms with E-state index in [9.17, 15) is 14.4 Å². The Balaban J connectivity index is 1.39. The van der Waals surface area contributed by atoms with Crippen LogP contribution in [0.2, 0.25) is 0 Å². The lowest BCUT2D eigenvalue weighted by Crippen LogP contribution is -2.37. The van der Waals surface area contributed by atoms with E-state index in [1.165, 1.54) is 0 Å². The van der Waals surface area contributed by atoms with Gasteiger partial charge in [0.15, 0.2) is 11.5 Å². The van der Waals surface area contributed by atoms with Crippen molar-refractivity contribution < 1.29 is 28.3 Å². The number of rotatable bonds is 5. The van der Waals surface area contributed by atoms with E-state index in [0.29, 0.717) is 33.5 Å². The van der Waals surface area contributed by atoms with Crippen LogP contribution in [0.1, 0.15) is 33.0 Å². The van der Waals surface area contributed by atoms with Crippen LogP contribution in [-0.4, -0.2) is 41.8 Å². The largest absolute Gasteiger partial charge is 0.466 e. The van der Waals surface area contributed by atoms with Gasteiger partial charge in [0, 0.05) is 18.7 Å². The molecule has 9 heteroatoms. The summed E-state index contributed by atoms with van der Waals surface area (Å²) in [6, 6.07) is 5.31. The van der Waals surface area contributed by atoms with Gasteiger partial charge in [-0.3, -0.25) is 19.3 Å². The van der Waals surface area contributed by atoms with Gasteiger partial charge in [-0.25, -0.2) is 0 Å². The number of furan rings is 1. The first kappa shape index (κ1) is 20.1. The summed E-state index contributed by atoms with van der Waals surface area (Å²) in [5.74, 6) is 1.81. The molecule has 4 rings (SSSR count). The van der Waals surface area contributed by atoms with Crippen LogP contribution in [0.5, 0.6) is 11.5 Å². The number of carbonyl (C=O) groups excluding carboxylic acids is 3. The van der Waals surface area contributed by atoms with Gasteiger partial charge in [-0.1, -0.05) is 6.07 Å². The second-order valence-corrected chi connectivity index (χ2v) is 7.91. The lowest BCUT2D eigenvalue weighted by molar-refractivity contribution is -0.122. The summed E-state index contributed by atoms with van der Waals surface area (Å²) in [4.78, 5) is 38.8. The van der Waals surface area contributed by atoms with Crippen molar-refractivity contribution in [2.24, 2.45) is 0 Å². The van der Waals surface area contributed by atoms with Gasteiger partial charge >= 0.3 is 0 Å². The van der Waals surface area contributed by atoms with E-state index < -0.39 is 0 Å². The molecule has 1 aromatic carbocycles. The summed E-state index contributed by atoms with van der Waals surface area (Å²) in [5.41, 5.74) is 2.01. The van der Waals surface area contributed by atoms with E-state index >= 15 is 0 Å². The molecule has 156 valence electrons. The SMILES string of the molecule is Cc1oc(C)c(C(=O)NCCN2C(=O)S/C(=C\c3ccc4c(c3)OCO4)C2=O)c1C. The average molecular weight is 428 g/mol. The second-order valence-electron chi connectivity index (χ2n) is 6.92. The number of carbonyl (C=O) groups is 3. The molecule has 1 aromatic heterocycles. The molecule has 0 aliphatic carbocycles. The van der Waals surface area contributed by atoms with Crippen molar-refractivity contribution in [1.82, 2.24) is 10.2 Å². The minimum atomic E-state index is -0.386. The number of hydrogen-bond donors (Lipinski definition) is 1. The smallest absolute Gasteiger partial charge is 0.293 e. The van der Waals surface area contributed by atoms with Crippen LogP contribution in [0.25, 0.3) is 6.08 Å². The fourth-order valence-electron chi connectivity index (χ4n) is 3.34. The second kappa shape index (κ2) is 7.91. The number of ether oxygens (including phenoxy) is 2. The Bertz CT molecular complexity index is 1090. The number of thioether (sulfide) groups is 1. The molecule has 1 N–H and O–H groups in total. The maximum Gasteiger partial charge on any atom is 0.293 e. The van der Waals surface area contributed by atoms with Crippen LogP contribution in [0.15, 0.2) is 27.5 Å². The molecule has 0 saturated carbocycles. The lowest BCUT2D eigenvalue weighted by atomic mass is 10.1. The third-order valence-corrected chi connectivity index (χ3v) is 5.88. The molecule has 3 amide bonds. The summed E-state index contributed by atoms with van der Waals surface area (Å²) in [6.45, 7) is 5.75. The first-order valence-corrected chi connectivity index (χ1v) is 10.2. The van der Waals surface area contributed by atoms with Gasteiger partial charge in [-0.15, -0.1) is 0 Å². The van der Waals surface area contributed by atoms with Crippen LogP contribution in [0.4, 0.5) is 4.79 Å². The zero-order valence-corrected chi connectivity index (χ0v) is 17.6. The Hall–Kier alpha value is -3.20. The predicted molar refractivity (Wildman–Crippen MR) is 110 cm³/mol. The Morgan fingerprint density at radius 3 is 2.67 bits per heavy atom.